The second-order valence-electron chi connectivity index (χ2n) is 8.36. The van der Waals surface area contributed by atoms with Gasteiger partial charge in [0.05, 0.1) is 22.8 Å². The number of nitro groups is 1. The lowest BCUT2D eigenvalue weighted by Gasteiger charge is -2.38. The van der Waals surface area contributed by atoms with E-state index in [1.807, 2.05) is 0 Å². The SMILES string of the molecule is CCN1C(=O)C2C(c3cccc([N+](=O)[O-])c3)N(C(=O)c3cccc(F)c3)C(C)(C(=O)O)C2C1=O. The number of likely N-dealkylation sites (tertiary alicyclic amines) is 2. The summed E-state index contributed by atoms with van der Waals surface area (Å²) in [7, 11) is 0. The molecule has 4 unspecified atom stereocenters. The van der Waals surface area contributed by atoms with Crippen LogP contribution in [0.1, 0.15) is 35.8 Å². The molecule has 0 aliphatic carbocycles. The minimum atomic E-state index is -2.18. The average Bonchev–Trinajstić information content (AvgIpc) is 3.23. The number of rotatable bonds is 5. The highest BCUT2D eigenvalue weighted by Crippen LogP contribution is 2.55. The fourth-order valence-corrected chi connectivity index (χ4v) is 5.08. The van der Waals surface area contributed by atoms with Gasteiger partial charge in [-0.2, -0.15) is 0 Å². The number of benzene rings is 2. The van der Waals surface area contributed by atoms with Gasteiger partial charge in [0, 0.05) is 24.2 Å². The van der Waals surface area contributed by atoms with Crippen molar-refractivity contribution >= 4 is 29.4 Å². The summed E-state index contributed by atoms with van der Waals surface area (Å²) >= 11 is 0. The van der Waals surface area contributed by atoms with Gasteiger partial charge in [-0.3, -0.25) is 29.4 Å². The Hall–Kier alpha value is -4.15. The molecule has 3 amide bonds. The van der Waals surface area contributed by atoms with Crippen LogP contribution in [0.4, 0.5) is 10.1 Å². The quantitative estimate of drug-likeness (QED) is 0.403. The third-order valence-electron chi connectivity index (χ3n) is 6.63. The minimum Gasteiger partial charge on any atom is -0.479 e. The highest BCUT2D eigenvalue weighted by atomic mass is 19.1. The number of amides is 3. The van der Waals surface area contributed by atoms with E-state index in [4.69, 9.17) is 0 Å². The largest absolute Gasteiger partial charge is 0.479 e. The molecule has 0 aromatic heterocycles. The Morgan fingerprint density at radius 2 is 1.82 bits per heavy atom. The maximum absolute atomic E-state index is 13.9. The molecule has 2 fully saturated rings. The molecule has 34 heavy (non-hydrogen) atoms. The van der Waals surface area contributed by atoms with Crippen LogP contribution in [0.15, 0.2) is 48.5 Å². The molecule has 4 atom stereocenters. The molecule has 2 aliphatic rings. The van der Waals surface area contributed by atoms with Crippen molar-refractivity contribution in [2.45, 2.75) is 25.4 Å². The number of nitro benzene ring substituents is 1. The van der Waals surface area contributed by atoms with Crippen LogP contribution in [-0.2, 0) is 14.4 Å². The van der Waals surface area contributed by atoms with Crippen molar-refractivity contribution in [1.29, 1.82) is 0 Å². The Labute approximate surface area is 192 Å². The summed E-state index contributed by atoms with van der Waals surface area (Å²) in [6, 6.07) is 8.42. The van der Waals surface area contributed by atoms with Gasteiger partial charge in [-0.15, -0.1) is 0 Å². The lowest BCUT2D eigenvalue weighted by molar-refractivity contribution is -0.385. The average molecular weight is 469 g/mol. The first kappa shape index (κ1) is 23.0. The molecule has 2 aliphatic heterocycles. The van der Waals surface area contributed by atoms with Crippen LogP contribution >= 0.6 is 0 Å². The highest BCUT2D eigenvalue weighted by Gasteiger charge is 2.71. The van der Waals surface area contributed by atoms with Gasteiger partial charge >= 0.3 is 5.97 Å². The van der Waals surface area contributed by atoms with Crippen LogP contribution in [0.25, 0.3) is 0 Å². The van der Waals surface area contributed by atoms with Crippen molar-refractivity contribution in [1.82, 2.24) is 9.80 Å². The Balaban J connectivity index is 1.99. The summed E-state index contributed by atoms with van der Waals surface area (Å²) in [6.07, 6.45) is 0. The van der Waals surface area contributed by atoms with Crippen LogP contribution in [0, 0.1) is 27.8 Å². The summed E-state index contributed by atoms with van der Waals surface area (Å²) in [4.78, 5) is 65.3. The summed E-state index contributed by atoms with van der Waals surface area (Å²) in [5.74, 6) is -7.31. The number of hydrogen-bond acceptors (Lipinski definition) is 6. The Morgan fingerprint density at radius 3 is 2.41 bits per heavy atom. The molecule has 2 aromatic carbocycles. The molecule has 10 nitrogen and oxygen atoms in total. The fourth-order valence-electron chi connectivity index (χ4n) is 5.08. The molecule has 176 valence electrons. The fraction of sp³-hybridized carbons (Fsp3) is 0.304. The molecule has 4 rings (SSSR count). The molecule has 1 N–H and O–H groups in total. The number of carboxylic acids is 1. The minimum absolute atomic E-state index is 0.000133. The number of non-ortho nitro benzene ring substituents is 1. The Morgan fingerprint density at radius 1 is 1.15 bits per heavy atom. The molecule has 2 aromatic rings. The lowest BCUT2D eigenvalue weighted by Crippen LogP contribution is -2.57. The van der Waals surface area contributed by atoms with E-state index < -0.39 is 57.8 Å². The number of carbonyl (C=O) groups excluding carboxylic acids is 3. The molecule has 0 radical (unpaired) electrons. The maximum atomic E-state index is 13.9. The zero-order chi connectivity index (χ0) is 24.9. The van der Waals surface area contributed by atoms with Crippen molar-refractivity contribution in [3.05, 3.63) is 75.6 Å². The van der Waals surface area contributed by atoms with Crippen molar-refractivity contribution in [2.75, 3.05) is 6.54 Å². The van der Waals surface area contributed by atoms with Crippen LogP contribution < -0.4 is 0 Å². The van der Waals surface area contributed by atoms with Crippen molar-refractivity contribution in [2.24, 2.45) is 11.8 Å². The summed E-state index contributed by atoms with van der Waals surface area (Å²) in [6.45, 7) is 2.73. The number of carboxylic acid groups (broad SMARTS) is 1. The smallest absolute Gasteiger partial charge is 0.330 e. The van der Waals surface area contributed by atoms with E-state index in [1.165, 1.54) is 37.3 Å². The topological polar surface area (TPSA) is 138 Å². The van der Waals surface area contributed by atoms with Crippen molar-refractivity contribution in [3.63, 3.8) is 0 Å². The summed E-state index contributed by atoms with van der Waals surface area (Å²) in [5, 5.41) is 21.6. The second-order valence-corrected chi connectivity index (χ2v) is 8.36. The molecule has 2 saturated heterocycles. The Kier molecular flexibility index (Phi) is 5.42. The number of nitrogens with zero attached hydrogens (tertiary/aromatic N) is 3. The number of fused-ring (bicyclic) bond motifs is 1. The molecule has 0 spiro atoms. The van der Waals surface area contributed by atoms with Gasteiger partial charge < -0.3 is 10.0 Å². The Bertz CT molecular complexity index is 1250. The van der Waals surface area contributed by atoms with Gasteiger partial charge in [-0.25, -0.2) is 9.18 Å². The summed E-state index contributed by atoms with van der Waals surface area (Å²) < 4.78 is 13.9. The van der Waals surface area contributed by atoms with Crippen LogP contribution in [-0.4, -0.2) is 55.6 Å². The molecule has 0 saturated carbocycles. The summed E-state index contributed by atoms with van der Waals surface area (Å²) in [5.41, 5.74) is -2.58. The molecular weight excluding hydrogens is 449 g/mol. The molecule has 11 heteroatoms. The van der Waals surface area contributed by atoms with E-state index in [-0.39, 0.29) is 23.4 Å². The van der Waals surface area contributed by atoms with Crippen LogP contribution in [0.2, 0.25) is 0 Å². The third-order valence-corrected chi connectivity index (χ3v) is 6.63. The normalized spacial score (nSPS) is 26.0. The van der Waals surface area contributed by atoms with E-state index in [2.05, 4.69) is 0 Å². The zero-order valence-corrected chi connectivity index (χ0v) is 18.2. The monoisotopic (exact) mass is 469 g/mol. The van der Waals surface area contributed by atoms with Crippen molar-refractivity contribution in [3.8, 4) is 0 Å². The van der Waals surface area contributed by atoms with E-state index in [9.17, 15) is 38.8 Å². The zero-order valence-electron chi connectivity index (χ0n) is 18.2. The number of imide groups is 1. The van der Waals surface area contributed by atoms with Crippen LogP contribution in [0.3, 0.4) is 0 Å². The predicted octanol–water partition coefficient (Wildman–Crippen LogP) is 2.40. The predicted molar refractivity (Wildman–Crippen MR) is 114 cm³/mol. The maximum Gasteiger partial charge on any atom is 0.330 e. The van der Waals surface area contributed by atoms with E-state index >= 15 is 0 Å². The van der Waals surface area contributed by atoms with Crippen LogP contribution in [0.5, 0.6) is 0 Å². The number of halogens is 1. The highest BCUT2D eigenvalue weighted by molar-refractivity contribution is 6.11. The van der Waals surface area contributed by atoms with E-state index in [0.717, 1.165) is 28.0 Å². The lowest BCUT2D eigenvalue weighted by atomic mass is 9.80. The number of aliphatic carboxylic acids is 1. The van der Waals surface area contributed by atoms with Gasteiger partial charge in [0.2, 0.25) is 11.8 Å². The van der Waals surface area contributed by atoms with Crippen molar-refractivity contribution < 1.29 is 33.6 Å². The van der Waals surface area contributed by atoms with Gasteiger partial charge in [-0.1, -0.05) is 18.2 Å². The van der Waals surface area contributed by atoms with Gasteiger partial charge in [0.25, 0.3) is 11.6 Å². The third kappa shape index (κ3) is 3.15. The first-order valence-electron chi connectivity index (χ1n) is 10.5. The van der Waals surface area contributed by atoms with E-state index in [1.54, 1.807) is 6.92 Å². The molecule has 2 heterocycles. The first-order chi connectivity index (χ1) is 16.0. The van der Waals surface area contributed by atoms with E-state index in [0.29, 0.717) is 0 Å². The number of hydrogen-bond donors (Lipinski definition) is 1. The van der Waals surface area contributed by atoms with Gasteiger partial charge in [0.15, 0.2) is 5.54 Å². The standard InChI is InChI=1S/C23H20FN3O7/c1-3-25-20(29)16-17(21(25)30)23(2,22(31)32)26(19(28)13-7-4-8-14(24)10-13)18(16)12-6-5-9-15(11-12)27(33)34/h4-11,16-18H,3H2,1-2H3,(H,31,32). The second kappa shape index (κ2) is 8.01. The number of carbonyl (C=O) groups is 4. The first-order valence-corrected chi connectivity index (χ1v) is 10.5. The molecular formula is C23H20FN3O7. The van der Waals surface area contributed by atoms with Gasteiger partial charge in [0.1, 0.15) is 5.82 Å². The molecule has 0 bridgehead atoms. The van der Waals surface area contributed by atoms with Gasteiger partial charge in [-0.05, 0) is 37.6 Å².